The number of sulfonamides is 1. The van der Waals surface area contributed by atoms with Gasteiger partial charge in [-0.25, -0.2) is 18.1 Å². The quantitative estimate of drug-likeness (QED) is 0.126. The van der Waals surface area contributed by atoms with Gasteiger partial charge in [0.05, 0.1) is 30.5 Å². The van der Waals surface area contributed by atoms with Crippen molar-refractivity contribution in [1.82, 2.24) is 9.71 Å². The smallest absolute Gasteiger partial charge is 0.240 e. The van der Waals surface area contributed by atoms with Crippen molar-refractivity contribution in [3.8, 4) is 11.5 Å². The molecule has 0 atom stereocenters. The summed E-state index contributed by atoms with van der Waals surface area (Å²) >= 11 is 0. The number of ether oxygens (including phenoxy) is 2. The van der Waals surface area contributed by atoms with Crippen molar-refractivity contribution in [2.45, 2.75) is 18.2 Å². The van der Waals surface area contributed by atoms with Crippen molar-refractivity contribution in [3.63, 3.8) is 0 Å². The van der Waals surface area contributed by atoms with Gasteiger partial charge >= 0.3 is 0 Å². The highest BCUT2D eigenvalue weighted by molar-refractivity contribution is 7.89. The Labute approximate surface area is 240 Å². The molecule has 4 N–H and O–H groups in total. The molecule has 0 aliphatic heterocycles. The number of benzene rings is 3. The monoisotopic (exact) mass is 574 g/mol. The molecular formula is C30H34N6O4S. The van der Waals surface area contributed by atoms with Gasteiger partial charge in [-0.15, -0.1) is 0 Å². The Balaban J connectivity index is 1.53. The summed E-state index contributed by atoms with van der Waals surface area (Å²) < 4.78 is 37.2. The minimum atomic E-state index is -3.50. The van der Waals surface area contributed by atoms with Crippen LogP contribution in [0, 0.1) is 0 Å². The van der Waals surface area contributed by atoms with Crippen molar-refractivity contribution in [2.24, 2.45) is 5.10 Å². The molecule has 4 aromatic rings. The van der Waals surface area contributed by atoms with E-state index in [0.29, 0.717) is 36.0 Å². The lowest BCUT2D eigenvalue weighted by atomic mass is 10.1. The largest absolute Gasteiger partial charge is 0.497 e. The lowest BCUT2D eigenvalue weighted by Gasteiger charge is -2.14. The molecule has 0 fully saturated rings. The summed E-state index contributed by atoms with van der Waals surface area (Å²) in [5.41, 5.74) is 7.22. The van der Waals surface area contributed by atoms with Crippen LogP contribution in [0.25, 0.3) is 0 Å². The Kier molecular flexibility index (Phi) is 9.77. The second-order valence-corrected chi connectivity index (χ2v) is 10.9. The highest BCUT2D eigenvalue weighted by atomic mass is 32.2. The minimum absolute atomic E-state index is 0.192. The molecule has 0 spiro atoms. The van der Waals surface area contributed by atoms with Crippen molar-refractivity contribution in [3.05, 3.63) is 96.1 Å². The van der Waals surface area contributed by atoms with E-state index in [0.717, 1.165) is 28.3 Å². The highest BCUT2D eigenvalue weighted by Gasteiger charge is 2.11. The molecule has 11 heteroatoms. The van der Waals surface area contributed by atoms with Crippen LogP contribution < -0.4 is 30.3 Å². The van der Waals surface area contributed by atoms with Gasteiger partial charge in [-0.3, -0.25) is 5.43 Å². The molecule has 0 aliphatic rings. The van der Waals surface area contributed by atoms with Crippen LogP contribution in [-0.4, -0.2) is 46.9 Å². The Bertz CT molecular complexity index is 1590. The molecule has 0 saturated heterocycles. The third-order valence-corrected chi connectivity index (χ3v) is 7.69. The third kappa shape index (κ3) is 7.96. The predicted molar refractivity (Wildman–Crippen MR) is 164 cm³/mol. The number of pyridine rings is 1. The first-order chi connectivity index (χ1) is 19.8. The van der Waals surface area contributed by atoms with Crippen LogP contribution >= 0.6 is 0 Å². The zero-order valence-corrected chi connectivity index (χ0v) is 24.2. The summed E-state index contributed by atoms with van der Waals surface area (Å²) in [6.07, 6.45) is 0.692. The Hall–Kier alpha value is -4.61. The normalized spacial score (nSPS) is 11.6. The summed E-state index contributed by atoms with van der Waals surface area (Å²) in [7, 11) is 1.17. The van der Waals surface area contributed by atoms with E-state index in [-0.39, 0.29) is 4.90 Å². The lowest BCUT2D eigenvalue weighted by Crippen LogP contribution is -2.18. The second kappa shape index (κ2) is 13.6. The van der Waals surface area contributed by atoms with Gasteiger partial charge in [0.15, 0.2) is 0 Å². The number of nitrogens with zero attached hydrogens (tertiary/aromatic N) is 2. The Morgan fingerprint density at radius 1 is 0.878 bits per heavy atom. The van der Waals surface area contributed by atoms with Gasteiger partial charge in [0, 0.05) is 24.4 Å². The maximum atomic E-state index is 12.0. The molecule has 4 rings (SSSR count). The van der Waals surface area contributed by atoms with Crippen LogP contribution in [0.4, 0.5) is 23.0 Å². The van der Waals surface area contributed by atoms with Gasteiger partial charge in [0.1, 0.15) is 23.1 Å². The van der Waals surface area contributed by atoms with Crippen molar-refractivity contribution in [2.75, 3.05) is 43.9 Å². The average molecular weight is 575 g/mol. The van der Waals surface area contributed by atoms with Crippen LogP contribution in [0.2, 0.25) is 0 Å². The molecule has 41 heavy (non-hydrogen) atoms. The maximum Gasteiger partial charge on any atom is 0.240 e. The molecule has 0 radical (unpaired) electrons. The zero-order valence-electron chi connectivity index (χ0n) is 23.4. The highest BCUT2D eigenvalue weighted by Crippen LogP contribution is 2.26. The first-order valence-electron chi connectivity index (χ1n) is 12.9. The van der Waals surface area contributed by atoms with E-state index < -0.39 is 10.0 Å². The first-order valence-corrected chi connectivity index (χ1v) is 14.4. The van der Waals surface area contributed by atoms with Gasteiger partial charge in [-0.05, 0) is 74.0 Å². The third-order valence-electron chi connectivity index (χ3n) is 6.26. The van der Waals surface area contributed by atoms with E-state index in [4.69, 9.17) is 14.5 Å². The fourth-order valence-electron chi connectivity index (χ4n) is 4.03. The number of nitrogens with one attached hydrogen (secondary N) is 4. The fraction of sp³-hybridized carbons (Fsp3) is 0.200. The van der Waals surface area contributed by atoms with Crippen LogP contribution in [0.1, 0.15) is 18.1 Å². The molecule has 0 amide bonds. The topological polar surface area (TPSA) is 126 Å². The van der Waals surface area contributed by atoms with Crippen LogP contribution in [0.5, 0.6) is 11.5 Å². The van der Waals surface area contributed by atoms with E-state index in [1.54, 1.807) is 38.5 Å². The van der Waals surface area contributed by atoms with E-state index in [9.17, 15) is 8.42 Å². The molecule has 0 bridgehead atoms. The SMILES string of the molecule is CNS(=O)(=O)c1ccc(C(C)=NNc2cc(NCCc3cc(OC)ccc3OC)nc(Nc3ccccc3)c2)cc1. The zero-order chi connectivity index (χ0) is 29.2. The van der Waals surface area contributed by atoms with E-state index in [2.05, 4.69) is 25.9 Å². The molecule has 1 heterocycles. The van der Waals surface area contributed by atoms with Gasteiger partial charge in [-0.1, -0.05) is 30.3 Å². The van der Waals surface area contributed by atoms with Gasteiger partial charge in [0.25, 0.3) is 0 Å². The Morgan fingerprint density at radius 2 is 1.61 bits per heavy atom. The number of hydrazone groups is 1. The number of hydrogen-bond donors (Lipinski definition) is 4. The van der Waals surface area contributed by atoms with E-state index >= 15 is 0 Å². The van der Waals surface area contributed by atoms with Gasteiger partial charge in [0.2, 0.25) is 10.0 Å². The number of aromatic nitrogens is 1. The van der Waals surface area contributed by atoms with E-state index in [1.165, 1.54) is 7.05 Å². The van der Waals surface area contributed by atoms with Crippen LogP contribution in [0.15, 0.2) is 94.9 Å². The van der Waals surface area contributed by atoms with Crippen molar-refractivity contribution in [1.29, 1.82) is 0 Å². The maximum absolute atomic E-state index is 12.0. The lowest BCUT2D eigenvalue weighted by molar-refractivity contribution is 0.399. The molecule has 10 nitrogen and oxygen atoms in total. The summed E-state index contributed by atoms with van der Waals surface area (Å²) in [5.74, 6) is 2.86. The van der Waals surface area contributed by atoms with Gasteiger partial charge < -0.3 is 20.1 Å². The summed E-state index contributed by atoms with van der Waals surface area (Å²) in [4.78, 5) is 4.92. The number of anilines is 4. The molecule has 0 saturated carbocycles. The number of methoxy groups -OCH3 is 2. The molecule has 0 aliphatic carbocycles. The number of hydrogen-bond acceptors (Lipinski definition) is 9. The Morgan fingerprint density at radius 3 is 2.29 bits per heavy atom. The van der Waals surface area contributed by atoms with Crippen LogP contribution in [0.3, 0.4) is 0 Å². The fourth-order valence-corrected chi connectivity index (χ4v) is 4.76. The second-order valence-electron chi connectivity index (χ2n) is 9.01. The average Bonchev–Trinajstić information content (AvgIpc) is 3.00. The van der Waals surface area contributed by atoms with Gasteiger partial charge in [-0.2, -0.15) is 5.10 Å². The molecular weight excluding hydrogens is 540 g/mol. The molecule has 1 aromatic heterocycles. The number of rotatable bonds is 13. The first kappa shape index (κ1) is 29.4. The predicted octanol–water partition coefficient (Wildman–Crippen LogP) is 5.24. The summed E-state index contributed by atoms with van der Waals surface area (Å²) in [5, 5.41) is 11.3. The van der Waals surface area contributed by atoms with Crippen molar-refractivity contribution >= 4 is 38.7 Å². The molecule has 214 valence electrons. The molecule has 0 unspecified atom stereocenters. The van der Waals surface area contributed by atoms with E-state index in [1.807, 2.05) is 67.6 Å². The summed E-state index contributed by atoms with van der Waals surface area (Å²) in [6.45, 7) is 2.45. The standard InChI is InChI=1S/C30H34N6O4S/c1-21(22-10-13-27(14-11-22)41(37,38)31-2)35-36-25-19-29(34-30(20-25)33-24-8-6-5-7-9-24)32-17-16-23-18-26(39-3)12-15-28(23)40-4/h5-15,18-20,31H,16-17H2,1-4H3,(H3,32,33,34,36). The minimum Gasteiger partial charge on any atom is -0.497 e. The van der Waals surface area contributed by atoms with Crippen LogP contribution in [-0.2, 0) is 16.4 Å². The van der Waals surface area contributed by atoms with Crippen molar-refractivity contribution < 1.29 is 17.9 Å². The summed E-state index contributed by atoms with van der Waals surface area (Å²) in [6, 6.07) is 25.8. The number of para-hydroxylation sites is 1. The molecule has 3 aromatic carbocycles.